The molecule has 5 nitrogen and oxygen atoms in total. The molecule has 0 bridgehead atoms. The van der Waals surface area contributed by atoms with Gasteiger partial charge >= 0.3 is 5.97 Å². The Morgan fingerprint density at radius 2 is 1.91 bits per heavy atom. The van der Waals surface area contributed by atoms with Crippen molar-refractivity contribution < 1.29 is 14.6 Å². The number of carbonyl (C=O) groups is 1. The zero-order valence-electron chi connectivity index (χ0n) is 12.6. The van der Waals surface area contributed by atoms with Crippen LogP contribution in [-0.4, -0.2) is 28.4 Å². The molecule has 5 heteroatoms. The molecule has 2 heterocycles. The molecule has 3 rings (SSSR count). The van der Waals surface area contributed by atoms with Crippen LogP contribution in [0.4, 0.5) is 5.69 Å². The van der Waals surface area contributed by atoms with Crippen LogP contribution in [0.1, 0.15) is 11.1 Å². The number of aliphatic imine (C=N–C) groups is 1. The molecule has 0 aliphatic carbocycles. The first-order chi connectivity index (χ1) is 11.1. The number of aromatic nitrogens is 1. The van der Waals surface area contributed by atoms with Crippen LogP contribution in [0.15, 0.2) is 65.1 Å². The molecule has 0 amide bonds. The van der Waals surface area contributed by atoms with E-state index in [1.807, 2.05) is 43.3 Å². The molecule has 0 fully saturated rings. The molecular weight excluding hydrogens is 292 g/mol. The highest BCUT2D eigenvalue weighted by atomic mass is 16.6. The Morgan fingerprint density at radius 1 is 1.22 bits per heavy atom. The molecule has 1 aromatic heterocycles. The van der Waals surface area contributed by atoms with Crippen molar-refractivity contribution in [2.24, 2.45) is 4.99 Å². The molecule has 0 radical (unpaired) electrons. The maximum Gasteiger partial charge on any atom is 0.344 e. The van der Waals surface area contributed by atoms with Gasteiger partial charge < -0.3 is 9.84 Å². The fraction of sp³-hybridized carbons (Fsp3) is 0.167. The molecule has 1 atom stereocenters. The quantitative estimate of drug-likeness (QED) is 0.696. The van der Waals surface area contributed by atoms with E-state index in [1.54, 1.807) is 12.4 Å². The summed E-state index contributed by atoms with van der Waals surface area (Å²) in [6.07, 6.45) is 4.40. The Labute approximate surface area is 134 Å². The lowest BCUT2D eigenvalue weighted by Crippen LogP contribution is -2.14. The lowest BCUT2D eigenvalue weighted by molar-refractivity contribution is -0.139. The van der Waals surface area contributed by atoms with Gasteiger partial charge in [-0.25, -0.2) is 4.79 Å². The van der Waals surface area contributed by atoms with Crippen molar-refractivity contribution in [1.29, 1.82) is 0 Å². The van der Waals surface area contributed by atoms with Gasteiger partial charge in [-0.1, -0.05) is 17.7 Å². The first-order valence-electron chi connectivity index (χ1n) is 7.27. The lowest BCUT2D eigenvalue weighted by Gasteiger charge is -2.09. The molecule has 1 unspecified atom stereocenters. The molecule has 1 aliphatic heterocycles. The Morgan fingerprint density at radius 3 is 2.61 bits per heavy atom. The molecule has 23 heavy (non-hydrogen) atoms. The molecule has 2 aromatic rings. The minimum absolute atomic E-state index is 0.0809. The number of cyclic esters (lactones) is 1. The average molecular weight is 308 g/mol. The maximum absolute atomic E-state index is 11.9. The predicted octanol–water partition coefficient (Wildman–Crippen LogP) is 3.07. The van der Waals surface area contributed by atoms with Crippen molar-refractivity contribution >= 4 is 17.9 Å². The Bertz CT molecular complexity index is 765. The molecule has 0 spiro atoms. The van der Waals surface area contributed by atoms with Gasteiger partial charge in [-0.2, -0.15) is 0 Å². The van der Waals surface area contributed by atoms with Gasteiger partial charge in [-0.3, -0.25) is 9.98 Å². The number of nitrogens with zero attached hydrogens (tertiary/aromatic N) is 2. The van der Waals surface area contributed by atoms with Crippen LogP contribution in [-0.2, 0) is 16.0 Å². The number of aliphatic hydroxyl groups excluding tert-OH is 1. The summed E-state index contributed by atoms with van der Waals surface area (Å²) in [5, 5.41) is 10.2. The lowest BCUT2D eigenvalue weighted by atomic mass is 10.1. The third kappa shape index (κ3) is 3.45. The van der Waals surface area contributed by atoms with Crippen molar-refractivity contribution in [2.45, 2.75) is 19.4 Å². The number of pyridine rings is 1. The molecule has 0 saturated carbocycles. The summed E-state index contributed by atoms with van der Waals surface area (Å²) in [6.45, 7) is 1.99. The van der Waals surface area contributed by atoms with Gasteiger partial charge in [0, 0.05) is 25.0 Å². The number of hydrogen-bond acceptors (Lipinski definition) is 5. The van der Waals surface area contributed by atoms with E-state index in [2.05, 4.69) is 9.98 Å². The summed E-state index contributed by atoms with van der Waals surface area (Å²) in [5.74, 6) is -0.639. The molecule has 1 aromatic carbocycles. The Balaban J connectivity index is 1.77. The van der Waals surface area contributed by atoms with E-state index in [4.69, 9.17) is 4.74 Å². The summed E-state index contributed by atoms with van der Waals surface area (Å²) in [7, 11) is 0. The topological polar surface area (TPSA) is 71.8 Å². The maximum atomic E-state index is 11.9. The minimum atomic E-state index is -0.677. The average Bonchev–Trinajstić information content (AvgIpc) is 2.82. The van der Waals surface area contributed by atoms with Crippen LogP contribution in [0.25, 0.3) is 0 Å². The van der Waals surface area contributed by atoms with Crippen LogP contribution in [0.2, 0.25) is 0 Å². The number of ether oxygens (including phenoxy) is 1. The van der Waals surface area contributed by atoms with Crippen molar-refractivity contribution in [2.75, 3.05) is 0 Å². The summed E-state index contributed by atoms with van der Waals surface area (Å²) in [6, 6.07) is 11.2. The van der Waals surface area contributed by atoms with Crippen LogP contribution in [0, 0.1) is 6.92 Å². The van der Waals surface area contributed by atoms with Crippen LogP contribution in [0.5, 0.6) is 0 Å². The van der Waals surface area contributed by atoms with E-state index in [0.29, 0.717) is 12.1 Å². The monoisotopic (exact) mass is 308 g/mol. The third-order valence-corrected chi connectivity index (χ3v) is 3.60. The fourth-order valence-electron chi connectivity index (χ4n) is 2.29. The largest absolute Gasteiger partial charge is 0.507 e. The van der Waals surface area contributed by atoms with E-state index in [-0.39, 0.29) is 11.3 Å². The second-order valence-corrected chi connectivity index (χ2v) is 5.35. The summed E-state index contributed by atoms with van der Waals surface area (Å²) in [4.78, 5) is 20.1. The van der Waals surface area contributed by atoms with E-state index in [9.17, 15) is 9.90 Å². The first kappa shape index (κ1) is 15.0. The number of esters is 1. The van der Waals surface area contributed by atoms with Crippen molar-refractivity contribution in [3.63, 3.8) is 0 Å². The second-order valence-electron chi connectivity index (χ2n) is 5.35. The molecule has 0 saturated heterocycles. The molecular formula is C18H16N2O3. The predicted molar refractivity (Wildman–Crippen MR) is 86.8 cm³/mol. The standard InChI is InChI=1S/C18H16N2O3/c1-12-2-4-14(5-3-12)20-11-15-17(21)16(23-18(15)22)10-13-6-8-19-9-7-13/h2-9,11,16,21H,10H2,1H3. The Hall–Kier alpha value is -2.95. The van der Waals surface area contributed by atoms with Crippen LogP contribution >= 0.6 is 0 Å². The van der Waals surface area contributed by atoms with Crippen molar-refractivity contribution in [3.8, 4) is 0 Å². The second kappa shape index (κ2) is 6.44. The molecule has 1 aliphatic rings. The van der Waals surface area contributed by atoms with E-state index < -0.39 is 12.1 Å². The number of rotatable bonds is 4. The highest BCUT2D eigenvalue weighted by molar-refractivity contribution is 6.12. The summed E-state index contributed by atoms with van der Waals surface area (Å²) >= 11 is 0. The van der Waals surface area contributed by atoms with Crippen LogP contribution < -0.4 is 0 Å². The number of aryl methyl sites for hydroxylation is 1. The highest BCUT2D eigenvalue weighted by Gasteiger charge is 2.33. The third-order valence-electron chi connectivity index (χ3n) is 3.60. The van der Waals surface area contributed by atoms with Gasteiger partial charge in [0.2, 0.25) is 0 Å². The van der Waals surface area contributed by atoms with E-state index in [0.717, 1.165) is 11.1 Å². The van der Waals surface area contributed by atoms with Gasteiger partial charge in [0.25, 0.3) is 0 Å². The normalized spacial score (nSPS) is 17.8. The van der Waals surface area contributed by atoms with Gasteiger partial charge in [-0.05, 0) is 36.8 Å². The van der Waals surface area contributed by atoms with Gasteiger partial charge in [0.15, 0.2) is 6.10 Å². The SMILES string of the molecule is Cc1ccc(N=CC2=C(O)C(Cc3ccncc3)OC2=O)cc1. The Kier molecular flexibility index (Phi) is 4.19. The number of carbonyl (C=O) groups excluding carboxylic acids is 1. The first-order valence-corrected chi connectivity index (χ1v) is 7.27. The van der Waals surface area contributed by atoms with Crippen molar-refractivity contribution in [3.05, 3.63) is 71.3 Å². The summed E-state index contributed by atoms with van der Waals surface area (Å²) < 4.78 is 5.22. The van der Waals surface area contributed by atoms with Gasteiger partial charge in [0.1, 0.15) is 11.3 Å². The van der Waals surface area contributed by atoms with Gasteiger partial charge in [0.05, 0.1) is 5.69 Å². The molecule has 116 valence electrons. The number of benzene rings is 1. The smallest absolute Gasteiger partial charge is 0.344 e. The van der Waals surface area contributed by atoms with Crippen molar-refractivity contribution in [1.82, 2.24) is 4.98 Å². The highest BCUT2D eigenvalue weighted by Crippen LogP contribution is 2.23. The number of hydrogen-bond donors (Lipinski definition) is 1. The van der Waals surface area contributed by atoms with E-state index >= 15 is 0 Å². The summed E-state index contributed by atoms with van der Waals surface area (Å²) in [5.41, 5.74) is 2.87. The molecule has 1 N–H and O–H groups in total. The fourth-order valence-corrected chi connectivity index (χ4v) is 2.29. The van der Waals surface area contributed by atoms with E-state index in [1.165, 1.54) is 6.21 Å². The number of aliphatic hydroxyl groups is 1. The zero-order valence-corrected chi connectivity index (χ0v) is 12.6. The van der Waals surface area contributed by atoms with Crippen LogP contribution in [0.3, 0.4) is 0 Å². The minimum Gasteiger partial charge on any atom is -0.507 e. The zero-order chi connectivity index (χ0) is 16.2. The van der Waals surface area contributed by atoms with Gasteiger partial charge in [-0.15, -0.1) is 0 Å².